The minimum absolute atomic E-state index is 0.0866. The van der Waals surface area contributed by atoms with Gasteiger partial charge in [0.25, 0.3) is 0 Å². The highest BCUT2D eigenvalue weighted by Gasteiger charge is 2.14. The summed E-state index contributed by atoms with van der Waals surface area (Å²) in [5.74, 6) is -0.553. The van der Waals surface area contributed by atoms with Gasteiger partial charge in [-0.05, 0) is 24.3 Å². The van der Waals surface area contributed by atoms with E-state index in [4.69, 9.17) is 4.42 Å². The monoisotopic (exact) mass is 269 g/mol. The predicted octanol–water partition coefficient (Wildman–Crippen LogP) is 1.23. The van der Waals surface area contributed by atoms with Crippen molar-refractivity contribution in [3.63, 3.8) is 0 Å². The first-order valence-corrected chi connectivity index (χ1v) is 6.58. The first-order valence-electron chi connectivity index (χ1n) is 5.09. The van der Waals surface area contributed by atoms with E-state index in [0.29, 0.717) is 11.0 Å². The number of nitrogens with one attached hydrogen (secondary N) is 1. The zero-order chi connectivity index (χ0) is 13.2. The average Bonchev–Trinajstić information content (AvgIpc) is 2.74. The van der Waals surface area contributed by atoms with Gasteiger partial charge in [-0.2, -0.15) is 4.72 Å². The van der Waals surface area contributed by atoms with E-state index in [2.05, 4.69) is 9.46 Å². The third-order valence-electron chi connectivity index (χ3n) is 2.26. The Morgan fingerprint density at radius 2 is 2.17 bits per heavy atom. The summed E-state index contributed by atoms with van der Waals surface area (Å²) >= 11 is 0. The molecule has 0 fully saturated rings. The standard InChI is InChI=1S/C11H11NO5S/c1-8(13)17-7-12-18(14,15)10-2-3-11-9(6-10)4-5-16-11/h2-6,12H,7H2,1H3. The summed E-state index contributed by atoms with van der Waals surface area (Å²) in [6.45, 7) is 0.812. The van der Waals surface area contributed by atoms with E-state index in [9.17, 15) is 13.2 Å². The van der Waals surface area contributed by atoms with E-state index in [1.165, 1.54) is 25.3 Å². The number of esters is 1. The zero-order valence-electron chi connectivity index (χ0n) is 9.54. The summed E-state index contributed by atoms with van der Waals surface area (Å²) in [5, 5.41) is 0.686. The maximum Gasteiger partial charge on any atom is 0.303 e. The number of benzene rings is 1. The van der Waals surface area contributed by atoms with E-state index in [1.54, 1.807) is 12.1 Å². The van der Waals surface area contributed by atoms with Crippen LogP contribution in [-0.2, 0) is 19.6 Å². The lowest BCUT2D eigenvalue weighted by Crippen LogP contribution is -2.27. The quantitative estimate of drug-likeness (QED) is 0.666. The second kappa shape index (κ2) is 4.79. The largest absolute Gasteiger partial charge is 0.464 e. The molecule has 0 unspecified atom stereocenters. The fourth-order valence-electron chi connectivity index (χ4n) is 1.40. The third-order valence-corrected chi connectivity index (χ3v) is 3.63. The normalized spacial score (nSPS) is 11.6. The Morgan fingerprint density at radius 1 is 1.39 bits per heavy atom. The van der Waals surface area contributed by atoms with Crippen molar-refractivity contribution < 1.29 is 22.4 Å². The maximum atomic E-state index is 11.8. The number of hydrogen-bond acceptors (Lipinski definition) is 5. The molecule has 1 aromatic heterocycles. The average molecular weight is 269 g/mol. The van der Waals surface area contributed by atoms with E-state index >= 15 is 0 Å². The molecular formula is C11H11NO5S. The lowest BCUT2D eigenvalue weighted by Gasteiger charge is -2.06. The van der Waals surface area contributed by atoms with Crippen LogP contribution in [0, 0.1) is 0 Å². The van der Waals surface area contributed by atoms with Gasteiger partial charge < -0.3 is 9.15 Å². The van der Waals surface area contributed by atoms with Gasteiger partial charge in [-0.3, -0.25) is 4.79 Å². The Bertz CT molecular complexity index is 674. The van der Waals surface area contributed by atoms with Gasteiger partial charge in [0.2, 0.25) is 10.0 Å². The smallest absolute Gasteiger partial charge is 0.303 e. The summed E-state index contributed by atoms with van der Waals surface area (Å²) in [6.07, 6.45) is 1.48. The van der Waals surface area contributed by atoms with Crippen molar-refractivity contribution in [3.05, 3.63) is 30.5 Å². The molecule has 1 heterocycles. The van der Waals surface area contributed by atoms with Crippen LogP contribution in [0.25, 0.3) is 11.0 Å². The molecule has 2 rings (SSSR count). The van der Waals surface area contributed by atoms with E-state index in [1.807, 2.05) is 0 Å². The van der Waals surface area contributed by atoms with Crippen molar-refractivity contribution in [2.45, 2.75) is 11.8 Å². The van der Waals surface area contributed by atoms with Crippen molar-refractivity contribution in [1.82, 2.24) is 4.72 Å². The van der Waals surface area contributed by atoms with Crippen LogP contribution < -0.4 is 4.72 Å². The Hall–Kier alpha value is -1.86. The predicted molar refractivity (Wildman–Crippen MR) is 63.2 cm³/mol. The molecule has 6 nitrogen and oxygen atoms in total. The fourth-order valence-corrected chi connectivity index (χ4v) is 2.31. The molecule has 2 aromatic rings. The highest BCUT2D eigenvalue weighted by Crippen LogP contribution is 2.19. The fraction of sp³-hybridized carbons (Fsp3) is 0.182. The molecule has 0 saturated heterocycles. The summed E-state index contributed by atoms with van der Waals surface area (Å²) in [4.78, 5) is 10.6. The molecule has 96 valence electrons. The number of hydrogen-bond donors (Lipinski definition) is 1. The van der Waals surface area contributed by atoms with Gasteiger partial charge in [-0.15, -0.1) is 0 Å². The molecule has 18 heavy (non-hydrogen) atoms. The van der Waals surface area contributed by atoms with Crippen LogP contribution in [0.4, 0.5) is 0 Å². The van der Waals surface area contributed by atoms with E-state index in [-0.39, 0.29) is 11.6 Å². The van der Waals surface area contributed by atoms with E-state index < -0.39 is 16.0 Å². The number of furan rings is 1. The highest BCUT2D eigenvalue weighted by atomic mass is 32.2. The van der Waals surface area contributed by atoms with E-state index in [0.717, 1.165) is 0 Å². The lowest BCUT2D eigenvalue weighted by atomic mass is 10.3. The second-order valence-electron chi connectivity index (χ2n) is 3.55. The zero-order valence-corrected chi connectivity index (χ0v) is 10.4. The molecule has 0 saturated carbocycles. The first-order chi connectivity index (χ1) is 8.49. The highest BCUT2D eigenvalue weighted by molar-refractivity contribution is 7.89. The summed E-state index contributed by atoms with van der Waals surface area (Å²) in [6, 6.07) is 6.13. The molecule has 0 atom stereocenters. The number of fused-ring (bicyclic) bond motifs is 1. The van der Waals surface area contributed by atoms with Crippen molar-refractivity contribution in [2.75, 3.05) is 6.73 Å². The number of rotatable bonds is 4. The molecule has 0 aliphatic carbocycles. The number of sulfonamides is 1. The third kappa shape index (κ3) is 2.69. The minimum Gasteiger partial charge on any atom is -0.464 e. The number of carbonyl (C=O) groups excluding carboxylic acids is 1. The van der Waals surface area contributed by atoms with Crippen molar-refractivity contribution >= 4 is 27.0 Å². The molecule has 1 aromatic carbocycles. The van der Waals surface area contributed by atoms with Crippen LogP contribution in [-0.4, -0.2) is 21.1 Å². The molecule has 0 amide bonds. The Balaban J connectivity index is 2.20. The van der Waals surface area contributed by atoms with Crippen molar-refractivity contribution in [3.8, 4) is 0 Å². The van der Waals surface area contributed by atoms with Gasteiger partial charge in [0.1, 0.15) is 5.58 Å². The van der Waals surface area contributed by atoms with Crippen molar-refractivity contribution in [2.24, 2.45) is 0 Å². The molecule has 0 aliphatic rings. The first kappa shape index (κ1) is 12.6. The second-order valence-corrected chi connectivity index (χ2v) is 5.32. The van der Waals surface area contributed by atoms with Gasteiger partial charge >= 0.3 is 5.97 Å². The van der Waals surface area contributed by atoms with Crippen molar-refractivity contribution in [1.29, 1.82) is 0 Å². The molecule has 1 N–H and O–H groups in total. The molecule has 7 heteroatoms. The van der Waals surface area contributed by atoms with Crippen LogP contribution in [0.3, 0.4) is 0 Å². The van der Waals surface area contributed by atoms with Gasteiger partial charge in [-0.1, -0.05) is 0 Å². The van der Waals surface area contributed by atoms with Gasteiger partial charge in [0.15, 0.2) is 6.73 Å². The minimum atomic E-state index is -3.69. The molecule has 0 bridgehead atoms. The number of carbonyl (C=O) groups is 1. The molecular weight excluding hydrogens is 258 g/mol. The van der Waals surface area contributed by atoms with Gasteiger partial charge in [0, 0.05) is 12.3 Å². The van der Waals surface area contributed by atoms with Crippen LogP contribution in [0.2, 0.25) is 0 Å². The summed E-state index contributed by atoms with van der Waals surface area (Å²) in [7, 11) is -3.69. The van der Waals surface area contributed by atoms with Crippen LogP contribution in [0.1, 0.15) is 6.92 Å². The molecule has 0 radical (unpaired) electrons. The SMILES string of the molecule is CC(=O)OCNS(=O)(=O)c1ccc2occc2c1. The summed E-state index contributed by atoms with van der Waals surface area (Å²) in [5.41, 5.74) is 0.605. The van der Waals surface area contributed by atoms with Crippen LogP contribution in [0.5, 0.6) is 0 Å². The Kier molecular flexibility index (Phi) is 3.35. The molecule has 0 spiro atoms. The maximum absolute atomic E-state index is 11.8. The van der Waals surface area contributed by atoms with Gasteiger partial charge in [0.05, 0.1) is 11.2 Å². The lowest BCUT2D eigenvalue weighted by molar-refractivity contribution is -0.141. The van der Waals surface area contributed by atoms with Crippen LogP contribution in [0.15, 0.2) is 39.8 Å². The number of ether oxygens (including phenoxy) is 1. The van der Waals surface area contributed by atoms with Crippen LogP contribution >= 0.6 is 0 Å². The molecule has 0 aliphatic heterocycles. The summed E-state index contributed by atoms with van der Waals surface area (Å²) < 4.78 is 35.5. The Labute approximate surface area is 104 Å². The Morgan fingerprint density at radius 3 is 2.89 bits per heavy atom. The van der Waals surface area contributed by atoms with Gasteiger partial charge in [-0.25, -0.2) is 8.42 Å². The topological polar surface area (TPSA) is 85.6 Å².